The molecule has 0 fully saturated rings. The van der Waals surface area contributed by atoms with Crippen molar-refractivity contribution in [3.05, 3.63) is 64.5 Å². The largest absolute Gasteiger partial charge is 0.508 e. The van der Waals surface area contributed by atoms with Crippen LogP contribution in [-0.4, -0.2) is 25.2 Å². The van der Waals surface area contributed by atoms with Crippen LogP contribution in [0.1, 0.15) is 0 Å². The highest BCUT2D eigenvalue weighted by atomic mass is 35.5. The normalized spacial score (nSPS) is 11.0. The minimum Gasteiger partial charge on any atom is -0.508 e. The smallest absolute Gasteiger partial charge is 0.197 e. The highest BCUT2D eigenvalue weighted by molar-refractivity contribution is 7.71. The summed E-state index contributed by atoms with van der Waals surface area (Å²) in [6.45, 7) is 0. The molecule has 5 nitrogen and oxygen atoms in total. The van der Waals surface area contributed by atoms with E-state index in [-0.39, 0.29) is 16.3 Å². The third-order valence-corrected chi connectivity index (χ3v) is 4.45. The van der Waals surface area contributed by atoms with E-state index in [1.165, 1.54) is 12.1 Å². The minimum absolute atomic E-state index is 0.0269. The zero-order valence-corrected chi connectivity index (χ0v) is 14.8. The Morgan fingerprint density at radius 3 is 2.54 bits per heavy atom. The van der Waals surface area contributed by atoms with Gasteiger partial charge in [-0.15, -0.1) is 0 Å². The van der Waals surface area contributed by atoms with E-state index in [1.807, 2.05) is 30.3 Å². The second-order valence-corrected chi connectivity index (χ2v) is 6.45. The Morgan fingerprint density at radius 2 is 1.73 bits per heavy atom. The van der Waals surface area contributed by atoms with Crippen molar-refractivity contribution in [1.82, 2.24) is 15.0 Å². The van der Waals surface area contributed by atoms with Crippen molar-refractivity contribution in [2.75, 3.05) is 0 Å². The summed E-state index contributed by atoms with van der Waals surface area (Å²) in [5.74, 6) is -0.101. The molecule has 0 amide bonds. The van der Waals surface area contributed by atoms with Crippen LogP contribution in [-0.2, 0) is 0 Å². The van der Waals surface area contributed by atoms with Crippen LogP contribution < -0.4 is 0 Å². The number of aromatic amines is 1. The monoisotopic (exact) mass is 381 g/mol. The number of aromatic hydroxyl groups is 2. The van der Waals surface area contributed by atoms with E-state index in [2.05, 4.69) is 15.0 Å². The molecular weight excluding hydrogens is 370 g/mol. The number of phenols is 2. The summed E-state index contributed by atoms with van der Waals surface area (Å²) >= 11 is 11.6. The number of benzene rings is 2. The Kier molecular flexibility index (Phi) is 4.06. The maximum Gasteiger partial charge on any atom is 0.197 e. The van der Waals surface area contributed by atoms with Gasteiger partial charge in [-0.25, -0.2) is 9.97 Å². The van der Waals surface area contributed by atoms with Gasteiger partial charge in [0, 0.05) is 22.6 Å². The predicted molar refractivity (Wildman–Crippen MR) is 104 cm³/mol. The first-order chi connectivity index (χ1) is 12.5. The number of phenolic OH excluding ortho intramolecular Hbond substituents is 2. The van der Waals surface area contributed by atoms with Gasteiger partial charge in [0.1, 0.15) is 16.7 Å². The SMILES string of the molecule is Oc1ccc(-c2cc(-c3cc4ccccc4nc3Cl)nc(=S)[nH]2)c(O)c1. The highest BCUT2D eigenvalue weighted by Crippen LogP contribution is 2.34. The fourth-order valence-corrected chi connectivity index (χ4v) is 3.21. The number of H-pyrrole nitrogens is 1. The van der Waals surface area contributed by atoms with Crippen molar-refractivity contribution in [2.45, 2.75) is 0 Å². The van der Waals surface area contributed by atoms with Gasteiger partial charge in [-0.05, 0) is 42.5 Å². The lowest BCUT2D eigenvalue weighted by atomic mass is 10.1. The quantitative estimate of drug-likeness (QED) is 0.333. The molecule has 4 aromatic rings. The van der Waals surface area contributed by atoms with Crippen LogP contribution in [0.15, 0.2) is 54.6 Å². The van der Waals surface area contributed by atoms with Gasteiger partial charge in [-0.2, -0.15) is 0 Å². The second-order valence-electron chi connectivity index (χ2n) is 5.71. The van der Waals surface area contributed by atoms with Gasteiger partial charge in [0.25, 0.3) is 0 Å². The molecule has 0 saturated heterocycles. The van der Waals surface area contributed by atoms with Gasteiger partial charge in [0.15, 0.2) is 4.77 Å². The number of pyridine rings is 1. The van der Waals surface area contributed by atoms with Crippen LogP contribution in [0, 0.1) is 4.77 Å². The molecule has 0 aliphatic carbocycles. The zero-order chi connectivity index (χ0) is 18.3. The van der Waals surface area contributed by atoms with Crippen LogP contribution >= 0.6 is 23.8 Å². The van der Waals surface area contributed by atoms with Gasteiger partial charge in [-0.1, -0.05) is 29.8 Å². The number of nitrogens with zero attached hydrogens (tertiary/aromatic N) is 2. The summed E-state index contributed by atoms with van der Waals surface area (Å²) in [4.78, 5) is 11.7. The fraction of sp³-hybridized carbons (Fsp3) is 0. The number of aromatic nitrogens is 3. The third kappa shape index (κ3) is 3.00. The van der Waals surface area contributed by atoms with Crippen LogP contribution in [0.25, 0.3) is 33.4 Å². The predicted octanol–water partition coefficient (Wildman–Crippen LogP) is 5.09. The van der Waals surface area contributed by atoms with Crippen LogP contribution in [0.2, 0.25) is 5.15 Å². The molecule has 2 aromatic heterocycles. The molecule has 0 radical (unpaired) electrons. The molecule has 2 heterocycles. The Labute approximate surface area is 158 Å². The van der Waals surface area contributed by atoms with E-state index in [1.54, 1.807) is 12.1 Å². The first kappa shape index (κ1) is 16.5. The van der Waals surface area contributed by atoms with Gasteiger partial charge in [-0.3, -0.25) is 0 Å². The molecule has 3 N–H and O–H groups in total. The molecule has 0 spiro atoms. The van der Waals surface area contributed by atoms with Crippen molar-refractivity contribution >= 4 is 34.7 Å². The molecule has 128 valence electrons. The summed E-state index contributed by atoms with van der Waals surface area (Å²) in [5.41, 5.74) is 3.02. The first-order valence-corrected chi connectivity index (χ1v) is 8.49. The van der Waals surface area contributed by atoms with E-state index in [0.717, 1.165) is 10.9 Å². The van der Waals surface area contributed by atoms with Gasteiger partial charge in [0.05, 0.1) is 16.9 Å². The van der Waals surface area contributed by atoms with E-state index in [9.17, 15) is 10.2 Å². The molecule has 0 saturated carbocycles. The van der Waals surface area contributed by atoms with Crippen molar-refractivity contribution in [3.8, 4) is 34.0 Å². The summed E-state index contributed by atoms with van der Waals surface area (Å²) < 4.78 is 0.245. The lowest BCUT2D eigenvalue weighted by Crippen LogP contribution is -1.94. The van der Waals surface area contributed by atoms with E-state index in [0.29, 0.717) is 27.7 Å². The van der Waals surface area contributed by atoms with Crippen molar-refractivity contribution in [1.29, 1.82) is 0 Å². The fourth-order valence-electron chi connectivity index (χ4n) is 2.76. The van der Waals surface area contributed by atoms with Gasteiger partial charge < -0.3 is 15.2 Å². The molecule has 26 heavy (non-hydrogen) atoms. The summed E-state index contributed by atoms with van der Waals surface area (Å²) in [6, 6.07) is 15.6. The lowest BCUT2D eigenvalue weighted by Gasteiger charge is -2.09. The lowest BCUT2D eigenvalue weighted by molar-refractivity contribution is 0.452. The van der Waals surface area contributed by atoms with Gasteiger partial charge in [0.2, 0.25) is 0 Å². The Bertz CT molecular complexity index is 1210. The van der Waals surface area contributed by atoms with Crippen molar-refractivity contribution in [2.24, 2.45) is 0 Å². The summed E-state index contributed by atoms with van der Waals surface area (Å²) in [5, 5.41) is 20.8. The number of rotatable bonds is 2. The maximum atomic E-state index is 10.1. The van der Waals surface area contributed by atoms with E-state index >= 15 is 0 Å². The summed E-state index contributed by atoms with van der Waals surface area (Å²) in [6.07, 6.45) is 0. The molecule has 0 aliphatic heterocycles. The number of halogens is 1. The average Bonchev–Trinajstić information content (AvgIpc) is 2.60. The van der Waals surface area contributed by atoms with E-state index in [4.69, 9.17) is 23.8 Å². The number of fused-ring (bicyclic) bond motifs is 1. The topological polar surface area (TPSA) is 82.0 Å². The second kappa shape index (κ2) is 6.40. The molecule has 0 unspecified atom stereocenters. The number of hydrogen-bond acceptors (Lipinski definition) is 5. The van der Waals surface area contributed by atoms with Crippen molar-refractivity contribution in [3.63, 3.8) is 0 Å². The molecular formula is C19H12ClN3O2S. The van der Waals surface area contributed by atoms with E-state index < -0.39 is 0 Å². The molecule has 7 heteroatoms. The maximum absolute atomic E-state index is 10.1. The van der Waals surface area contributed by atoms with Crippen LogP contribution in [0.5, 0.6) is 11.5 Å². The molecule has 0 atom stereocenters. The third-order valence-electron chi connectivity index (χ3n) is 3.97. The molecule has 0 aliphatic rings. The Balaban J connectivity index is 1.92. The first-order valence-electron chi connectivity index (χ1n) is 7.70. The number of hydrogen-bond donors (Lipinski definition) is 3. The average molecular weight is 382 g/mol. The number of nitrogens with one attached hydrogen (secondary N) is 1. The minimum atomic E-state index is -0.0736. The Morgan fingerprint density at radius 1 is 0.923 bits per heavy atom. The van der Waals surface area contributed by atoms with Crippen LogP contribution in [0.3, 0.4) is 0 Å². The standard InChI is InChI=1S/C19H12ClN3O2S/c20-18-13(7-10-3-1-2-4-14(10)21-18)16-9-15(22-19(26)23-16)12-6-5-11(24)8-17(12)25/h1-9,24-25H,(H,22,23,26). The van der Waals surface area contributed by atoms with Crippen molar-refractivity contribution < 1.29 is 10.2 Å². The molecule has 0 bridgehead atoms. The Hall–Kier alpha value is -2.96. The molecule has 2 aromatic carbocycles. The number of para-hydroxylation sites is 1. The van der Waals surface area contributed by atoms with Crippen LogP contribution in [0.4, 0.5) is 0 Å². The summed E-state index contributed by atoms with van der Waals surface area (Å²) in [7, 11) is 0. The zero-order valence-electron chi connectivity index (χ0n) is 13.3. The molecule has 4 rings (SSSR count). The highest BCUT2D eigenvalue weighted by Gasteiger charge is 2.13. The van der Waals surface area contributed by atoms with Gasteiger partial charge >= 0.3 is 0 Å².